The molecule has 1 N–H and O–H groups in total. The minimum atomic E-state index is 0.0861. The van der Waals surface area contributed by atoms with Crippen molar-refractivity contribution in [2.24, 2.45) is 5.92 Å². The van der Waals surface area contributed by atoms with Gasteiger partial charge in [-0.3, -0.25) is 9.69 Å². The average Bonchev–Trinajstić information content (AvgIpc) is 2.90. The van der Waals surface area contributed by atoms with E-state index in [4.69, 9.17) is 0 Å². The fourth-order valence-electron chi connectivity index (χ4n) is 4.30. The lowest BCUT2D eigenvalue weighted by Gasteiger charge is -2.33. The van der Waals surface area contributed by atoms with Gasteiger partial charge in [-0.2, -0.15) is 0 Å². The molecule has 4 nitrogen and oxygen atoms in total. The first kappa shape index (κ1) is 12.1. The molecule has 2 aliphatic heterocycles. The Labute approximate surface area is 127 Å². The molecule has 3 atom stereocenters. The maximum absolute atomic E-state index is 12.6. The van der Waals surface area contributed by atoms with E-state index >= 15 is 0 Å². The summed E-state index contributed by atoms with van der Waals surface area (Å²) < 4.78 is 0. The summed E-state index contributed by atoms with van der Waals surface area (Å²) in [5.74, 6) is 0.743. The Hall–Kier alpha value is -1.46. The Kier molecular flexibility index (Phi) is 2.34. The van der Waals surface area contributed by atoms with Gasteiger partial charge >= 0.3 is 0 Å². The summed E-state index contributed by atoms with van der Waals surface area (Å²) in [6.45, 7) is 2.41. The fourth-order valence-corrected chi connectivity index (χ4v) is 5.21. The van der Waals surface area contributed by atoms with E-state index < -0.39 is 0 Å². The van der Waals surface area contributed by atoms with Crippen molar-refractivity contribution >= 4 is 27.5 Å². The van der Waals surface area contributed by atoms with Crippen LogP contribution in [-0.2, 0) is 0 Å². The molecule has 2 bridgehead atoms. The van der Waals surface area contributed by atoms with E-state index in [9.17, 15) is 4.79 Å². The second-order valence-corrected chi connectivity index (χ2v) is 7.59. The van der Waals surface area contributed by atoms with Crippen LogP contribution < -0.4 is 5.32 Å². The summed E-state index contributed by atoms with van der Waals surface area (Å²) in [7, 11) is 0. The largest absolute Gasteiger partial charge is 0.346 e. The molecule has 1 aliphatic carbocycles. The zero-order valence-corrected chi connectivity index (χ0v) is 12.5. The van der Waals surface area contributed by atoms with E-state index in [1.54, 1.807) is 6.20 Å². The molecule has 0 aromatic carbocycles. The van der Waals surface area contributed by atoms with Crippen molar-refractivity contribution in [3.05, 3.63) is 29.3 Å². The number of aromatic nitrogens is 1. The number of fused-ring (bicyclic) bond motifs is 4. The number of thiophene rings is 1. The van der Waals surface area contributed by atoms with Crippen LogP contribution in [0.25, 0.3) is 10.2 Å². The lowest BCUT2D eigenvalue weighted by Crippen LogP contribution is -2.51. The molecule has 1 saturated carbocycles. The summed E-state index contributed by atoms with van der Waals surface area (Å²) in [4.78, 5) is 21.3. The van der Waals surface area contributed by atoms with E-state index in [-0.39, 0.29) is 5.91 Å². The number of carbonyl (C=O) groups is 1. The molecular weight excluding hydrogens is 282 g/mol. The predicted molar refractivity (Wildman–Crippen MR) is 82.5 cm³/mol. The first-order valence-electron chi connectivity index (χ1n) is 7.67. The molecule has 2 aromatic heterocycles. The van der Waals surface area contributed by atoms with Crippen LogP contribution in [0, 0.1) is 5.92 Å². The van der Waals surface area contributed by atoms with E-state index in [2.05, 4.69) is 15.2 Å². The first-order chi connectivity index (χ1) is 10.3. The van der Waals surface area contributed by atoms with Crippen molar-refractivity contribution in [3.63, 3.8) is 0 Å². The summed E-state index contributed by atoms with van der Waals surface area (Å²) in [6, 6.07) is 6.26. The molecule has 1 amide bonds. The molecule has 3 fully saturated rings. The van der Waals surface area contributed by atoms with Crippen LogP contribution in [0.3, 0.4) is 0 Å². The standard InChI is InChI=1S/C16H17N3OS/c20-14(12-8-10-2-1-6-17-15(10)21-12)18-13-11-3-7-19(9-11)16(13)4-5-16/h1-2,6,8,11,13H,3-5,7,9H2,(H,18,20)/t11?,13-/m1/s1. The van der Waals surface area contributed by atoms with Crippen molar-refractivity contribution in [3.8, 4) is 0 Å². The highest BCUT2D eigenvalue weighted by Crippen LogP contribution is 2.55. The zero-order chi connectivity index (χ0) is 14.0. The number of hydrogen-bond acceptors (Lipinski definition) is 4. The van der Waals surface area contributed by atoms with Crippen LogP contribution in [0.4, 0.5) is 0 Å². The summed E-state index contributed by atoms with van der Waals surface area (Å²) in [5, 5.41) is 4.40. The highest BCUT2D eigenvalue weighted by Gasteiger charge is 2.63. The molecule has 108 valence electrons. The smallest absolute Gasteiger partial charge is 0.261 e. The Balaban J connectivity index is 1.42. The molecule has 1 spiro atoms. The molecule has 5 rings (SSSR count). The molecule has 2 aromatic rings. The SMILES string of the molecule is O=C(N[C@@H]1C2CCN(C2)C12CC2)c1cc2cccnc2s1. The molecule has 5 heteroatoms. The lowest BCUT2D eigenvalue weighted by atomic mass is 9.92. The maximum Gasteiger partial charge on any atom is 0.261 e. The van der Waals surface area contributed by atoms with Gasteiger partial charge in [-0.25, -0.2) is 4.98 Å². The second-order valence-electron chi connectivity index (χ2n) is 6.56. The van der Waals surface area contributed by atoms with E-state index in [0.717, 1.165) is 15.1 Å². The van der Waals surface area contributed by atoms with E-state index in [0.29, 0.717) is 17.5 Å². The molecule has 2 saturated heterocycles. The van der Waals surface area contributed by atoms with Crippen LogP contribution >= 0.6 is 11.3 Å². The summed E-state index contributed by atoms with van der Waals surface area (Å²) >= 11 is 1.49. The number of nitrogens with one attached hydrogen (secondary N) is 1. The molecule has 2 unspecified atom stereocenters. The number of nitrogens with zero attached hydrogens (tertiary/aromatic N) is 2. The molecule has 3 aliphatic rings. The lowest BCUT2D eigenvalue weighted by molar-refractivity contribution is 0.0896. The number of hydrogen-bond donors (Lipinski definition) is 1. The highest BCUT2D eigenvalue weighted by atomic mass is 32.1. The minimum absolute atomic E-state index is 0.0861. The van der Waals surface area contributed by atoms with E-state index in [1.165, 1.54) is 43.7 Å². The Morgan fingerprint density at radius 1 is 1.48 bits per heavy atom. The van der Waals surface area contributed by atoms with Crippen LogP contribution in [0.5, 0.6) is 0 Å². The van der Waals surface area contributed by atoms with Crippen LogP contribution in [0.1, 0.15) is 28.9 Å². The van der Waals surface area contributed by atoms with E-state index in [1.807, 2.05) is 18.2 Å². The first-order valence-corrected chi connectivity index (χ1v) is 8.48. The third kappa shape index (κ3) is 1.64. The van der Waals surface area contributed by atoms with Gasteiger partial charge < -0.3 is 5.32 Å². The van der Waals surface area contributed by atoms with Gasteiger partial charge in [0.1, 0.15) is 4.83 Å². The predicted octanol–water partition coefficient (Wildman–Crippen LogP) is 2.26. The van der Waals surface area contributed by atoms with Crippen molar-refractivity contribution < 1.29 is 4.79 Å². The van der Waals surface area contributed by atoms with Gasteiger partial charge in [-0.05, 0) is 43.9 Å². The van der Waals surface area contributed by atoms with Gasteiger partial charge in [0.15, 0.2) is 0 Å². The number of rotatable bonds is 2. The van der Waals surface area contributed by atoms with Crippen LogP contribution in [0.15, 0.2) is 24.4 Å². The number of pyridine rings is 1. The van der Waals surface area contributed by atoms with Gasteiger partial charge in [0, 0.05) is 23.7 Å². The van der Waals surface area contributed by atoms with Crippen molar-refractivity contribution in [1.29, 1.82) is 0 Å². The normalized spacial score (nSPS) is 31.9. The molecule has 4 heterocycles. The van der Waals surface area contributed by atoms with Crippen molar-refractivity contribution in [1.82, 2.24) is 15.2 Å². The highest BCUT2D eigenvalue weighted by molar-refractivity contribution is 7.20. The molecular formula is C16H17N3OS. The molecule has 0 radical (unpaired) electrons. The van der Waals surface area contributed by atoms with Crippen molar-refractivity contribution in [2.75, 3.05) is 13.1 Å². The quantitative estimate of drug-likeness (QED) is 0.925. The Morgan fingerprint density at radius 3 is 3.19 bits per heavy atom. The van der Waals surface area contributed by atoms with Gasteiger partial charge in [-0.1, -0.05) is 6.07 Å². The van der Waals surface area contributed by atoms with Crippen LogP contribution in [-0.4, -0.2) is 40.5 Å². The molecule has 21 heavy (non-hydrogen) atoms. The zero-order valence-electron chi connectivity index (χ0n) is 11.7. The third-order valence-corrected chi connectivity index (χ3v) is 6.53. The Morgan fingerprint density at radius 2 is 2.38 bits per heavy atom. The fraction of sp³-hybridized carbons (Fsp3) is 0.500. The van der Waals surface area contributed by atoms with Gasteiger partial charge in [-0.15, -0.1) is 11.3 Å². The number of amides is 1. The van der Waals surface area contributed by atoms with Gasteiger partial charge in [0.25, 0.3) is 5.91 Å². The number of piperidine rings is 1. The average molecular weight is 299 g/mol. The topological polar surface area (TPSA) is 45.2 Å². The maximum atomic E-state index is 12.6. The number of carbonyl (C=O) groups excluding carboxylic acids is 1. The minimum Gasteiger partial charge on any atom is -0.346 e. The van der Waals surface area contributed by atoms with Gasteiger partial charge in [0.2, 0.25) is 0 Å². The second kappa shape index (κ2) is 4.05. The van der Waals surface area contributed by atoms with Crippen LogP contribution in [0.2, 0.25) is 0 Å². The summed E-state index contributed by atoms with van der Waals surface area (Å²) in [6.07, 6.45) is 5.52. The van der Waals surface area contributed by atoms with Gasteiger partial charge in [0.05, 0.1) is 10.9 Å². The summed E-state index contributed by atoms with van der Waals surface area (Å²) in [5.41, 5.74) is 0.313. The third-order valence-electron chi connectivity index (χ3n) is 5.47. The Bertz CT molecular complexity index is 703. The van der Waals surface area contributed by atoms with Crippen molar-refractivity contribution in [2.45, 2.75) is 30.8 Å². The monoisotopic (exact) mass is 299 g/mol.